The van der Waals surface area contributed by atoms with Crippen LogP contribution in [0.4, 0.5) is 10.1 Å². The van der Waals surface area contributed by atoms with Gasteiger partial charge in [0, 0.05) is 13.1 Å². The number of anilines is 1. The second-order valence-electron chi connectivity index (χ2n) is 6.82. The monoisotopic (exact) mass is 341 g/mol. The molecule has 0 fully saturated rings. The maximum atomic E-state index is 14.1. The van der Waals surface area contributed by atoms with E-state index in [4.69, 9.17) is 4.74 Å². The lowest BCUT2D eigenvalue weighted by molar-refractivity contribution is 0.305. The first-order chi connectivity index (χ1) is 12.2. The van der Waals surface area contributed by atoms with Gasteiger partial charge in [-0.05, 0) is 54.5 Å². The summed E-state index contributed by atoms with van der Waals surface area (Å²) < 4.78 is 20.2. The van der Waals surface area contributed by atoms with Crippen molar-refractivity contribution in [3.8, 4) is 5.75 Å². The minimum Gasteiger partial charge on any atom is -0.487 e. The number of hydrogen-bond donors (Lipinski definition) is 0. The van der Waals surface area contributed by atoms with Gasteiger partial charge in [0.05, 0.1) is 5.69 Å². The van der Waals surface area contributed by atoms with Gasteiger partial charge in [-0.25, -0.2) is 4.39 Å². The zero-order valence-corrected chi connectivity index (χ0v) is 15.4. The number of rotatable bonds is 7. The Bertz CT molecular complexity index is 713. The summed E-state index contributed by atoms with van der Waals surface area (Å²) in [5.41, 5.74) is 4.27. The van der Waals surface area contributed by atoms with Crippen LogP contribution in [0.5, 0.6) is 5.75 Å². The normalized spacial score (nSPS) is 13.6. The summed E-state index contributed by atoms with van der Waals surface area (Å²) in [7, 11) is 0. The number of para-hydroxylation sites is 1. The average molecular weight is 341 g/mol. The highest BCUT2D eigenvalue weighted by Gasteiger charge is 2.20. The molecule has 0 radical (unpaired) electrons. The molecule has 3 heteroatoms. The molecule has 0 aliphatic carbocycles. The summed E-state index contributed by atoms with van der Waals surface area (Å²) in [6.45, 7) is 6.81. The molecule has 134 valence electrons. The molecule has 2 aromatic carbocycles. The fourth-order valence-electron chi connectivity index (χ4n) is 3.62. The van der Waals surface area contributed by atoms with Crippen molar-refractivity contribution in [2.45, 2.75) is 52.6 Å². The molecule has 0 saturated carbocycles. The molecule has 0 amide bonds. The Kier molecular flexibility index (Phi) is 5.95. The Morgan fingerprint density at radius 3 is 2.76 bits per heavy atom. The van der Waals surface area contributed by atoms with E-state index in [0.717, 1.165) is 55.6 Å². The van der Waals surface area contributed by atoms with E-state index in [9.17, 15) is 4.39 Å². The molecule has 2 nitrogen and oxygen atoms in total. The zero-order valence-electron chi connectivity index (χ0n) is 15.4. The molecule has 3 rings (SSSR count). The number of fused-ring (bicyclic) bond motifs is 1. The quantitative estimate of drug-likeness (QED) is 0.657. The Hall–Kier alpha value is -2.03. The van der Waals surface area contributed by atoms with Crippen LogP contribution in [0.25, 0.3) is 0 Å². The van der Waals surface area contributed by atoms with Gasteiger partial charge in [0.2, 0.25) is 0 Å². The second-order valence-corrected chi connectivity index (χ2v) is 6.82. The summed E-state index contributed by atoms with van der Waals surface area (Å²) >= 11 is 0. The van der Waals surface area contributed by atoms with E-state index in [1.165, 1.54) is 17.7 Å². The van der Waals surface area contributed by atoms with Crippen molar-refractivity contribution in [3.05, 3.63) is 58.9 Å². The summed E-state index contributed by atoms with van der Waals surface area (Å²) in [4.78, 5) is 2.43. The minimum atomic E-state index is -0.120. The van der Waals surface area contributed by atoms with Gasteiger partial charge in [0.1, 0.15) is 18.2 Å². The summed E-state index contributed by atoms with van der Waals surface area (Å²) in [5.74, 6) is 0.800. The molecule has 0 bridgehead atoms. The molecule has 0 unspecified atom stereocenters. The summed E-state index contributed by atoms with van der Waals surface area (Å²) in [6, 6.07) is 11.8. The van der Waals surface area contributed by atoms with Gasteiger partial charge >= 0.3 is 0 Å². The van der Waals surface area contributed by atoms with E-state index >= 15 is 0 Å². The average Bonchev–Trinajstić information content (AvgIpc) is 2.62. The third-order valence-electron chi connectivity index (χ3n) is 4.80. The number of nitrogens with zero attached hydrogens (tertiary/aromatic N) is 1. The number of halogens is 1. The van der Waals surface area contributed by atoms with E-state index in [-0.39, 0.29) is 5.82 Å². The van der Waals surface area contributed by atoms with Crippen molar-refractivity contribution in [2.24, 2.45) is 0 Å². The topological polar surface area (TPSA) is 12.5 Å². The van der Waals surface area contributed by atoms with Crippen LogP contribution in [0, 0.1) is 5.82 Å². The SMILES string of the molecule is CCCc1ccc(COc2cccc3c2N(CCC)CCC3)cc1F. The maximum Gasteiger partial charge on any atom is 0.143 e. The number of hydrogen-bond acceptors (Lipinski definition) is 2. The van der Waals surface area contributed by atoms with Crippen LogP contribution in [-0.4, -0.2) is 13.1 Å². The van der Waals surface area contributed by atoms with Crippen LogP contribution in [0.1, 0.15) is 49.8 Å². The van der Waals surface area contributed by atoms with E-state index in [2.05, 4.69) is 30.9 Å². The van der Waals surface area contributed by atoms with Crippen molar-refractivity contribution in [1.82, 2.24) is 0 Å². The van der Waals surface area contributed by atoms with Gasteiger partial charge in [-0.3, -0.25) is 0 Å². The highest BCUT2D eigenvalue weighted by molar-refractivity contribution is 5.65. The molecule has 0 saturated heterocycles. The van der Waals surface area contributed by atoms with Crippen LogP contribution in [-0.2, 0) is 19.4 Å². The van der Waals surface area contributed by atoms with E-state index < -0.39 is 0 Å². The minimum absolute atomic E-state index is 0.120. The lowest BCUT2D eigenvalue weighted by Crippen LogP contribution is -2.30. The first-order valence-corrected chi connectivity index (χ1v) is 9.49. The Morgan fingerprint density at radius 1 is 1.12 bits per heavy atom. The molecule has 25 heavy (non-hydrogen) atoms. The third kappa shape index (κ3) is 4.15. The zero-order chi connectivity index (χ0) is 17.6. The highest BCUT2D eigenvalue weighted by atomic mass is 19.1. The van der Waals surface area contributed by atoms with E-state index in [1.807, 2.05) is 18.2 Å². The standard InChI is InChI=1S/C22H28FNO/c1-3-7-18-12-11-17(15-20(18)23)16-25-21-10-5-8-19-9-6-14-24(13-4-2)22(19)21/h5,8,10-12,15H,3-4,6-7,9,13-14,16H2,1-2H3. The first-order valence-electron chi connectivity index (χ1n) is 9.49. The molecule has 1 aliphatic heterocycles. The molecule has 0 spiro atoms. The van der Waals surface area contributed by atoms with Gasteiger partial charge in [-0.15, -0.1) is 0 Å². The smallest absolute Gasteiger partial charge is 0.143 e. The van der Waals surface area contributed by atoms with Crippen LogP contribution in [0.2, 0.25) is 0 Å². The Balaban J connectivity index is 1.76. The predicted octanol–water partition coefficient (Wildman–Crippen LogP) is 5.52. The van der Waals surface area contributed by atoms with Crippen LogP contribution in [0.15, 0.2) is 36.4 Å². The summed E-state index contributed by atoms with van der Waals surface area (Å²) in [5, 5.41) is 0. The number of ether oxygens (including phenoxy) is 1. The lowest BCUT2D eigenvalue weighted by atomic mass is 10.0. The van der Waals surface area contributed by atoms with Gasteiger partial charge < -0.3 is 9.64 Å². The van der Waals surface area contributed by atoms with Crippen LogP contribution >= 0.6 is 0 Å². The molecular weight excluding hydrogens is 313 g/mol. The van der Waals surface area contributed by atoms with Crippen molar-refractivity contribution in [1.29, 1.82) is 0 Å². The largest absolute Gasteiger partial charge is 0.487 e. The Labute approximate surface area is 150 Å². The maximum absolute atomic E-state index is 14.1. The van der Waals surface area contributed by atoms with Gasteiger partial charge in [-0.1, -0.05) is 44.5 Å². The molecule has 0 atom stereocenters. The predicted molar refractivity (Wildman–Crippen MR) is 102 cm³/mol. The number of aryl methyl sites for hydroxylation is 2. The van der Waals surface area contributed by atoms with Crippen LogP contribution < -0.4 is 9.64 Å². The van der Waals surface area contributed by atoms with E-state index in [1.54, 1.807) is 6.07 Å². The number of benzene rings is 2. The molecule has 0 N–H and O–H groups in total. The fourth-order valence-corrected chi connectivity index (χ4v) is 3.62. The van der Waals surface area contributed by atoms with Gasteiger partial charge in [0.15, 0.2) is 0 Å². The molecule has 1 heterocycles. The fraction of sp³-hybridized carbons (Fsp3) is 0.455. The second kappa shape index (κ2) is 8.37. The molecule has 1 aliphatic rings. The summed E-state index contributed by atoms with van der Waals surface area (Å²) in [6.07, 6.45) is 5.16. The van der Waals surface area contributed by atoms with Gasteiger partial charge in [0.25, 0.3) is 0 Å². The van der Waals surface area contributed by atoms with Crippen molar-refractivity contribution < 1.29 is 9.13 Å². The van der Waals surface area contributed by atoms with Crippen LogP contribution in [0.3, 0.4) is 0 Å². The van der Waals surface area contributed by atoms with Crippen molar-refractivity contribution in [2.75, 3.05) is 18.0 Å². The highest BCUT2D eigenvalue weighted by Crippen LogP contribution is 2.36. The lowest BCUT2D eigenvalue weighted by Gasteiger charge is -2.32. The van der Waals surface area contributed by atoms with E-state index in [0.29, 0.717) is 6.61 Å². The van der Waals surface area contributed by atoms with Crippen molar-refractivity contribution >= 4 is 5.69 Å². The molecular formula is C22H28FNO. The third-order valence-corrected chi connectivity index (χ3v) is 4.80. The molecule has 0 aromatic heterocycles. The Morgan fingerprint density at radius 2 is 2.00 bits per heavy atom. The molecule has 2 aromatic rings. The first kappa shape index (κ1) is 17.8. The van der Waals surface area contributed by atoms with Gasteiger partial charge in [-0.2, -0.15) is 0 Å². The van der Waals surface area contributed by atoms with Crippen molar-refractivity contribution in [3.63, 3.8) is 0 Å².